The Kier molecular flexibility index (Phi) is 8.30. The lowest BCUT2D eigenvalue weighted by atomic mass is 10.00. The van der Waals surface area contributed by atoms with Crippen LogP contribution in [0.2, 0.25) is 0 Å². The van der Waals surface area contributed by atoms with Crippen molar-refractivity contribution in [2.24, 2.45) is 5.10 Å². The molecule has 0 spiro atoms. The molecule has 0 fully saturated rings. The molecule has 39 heavy (non-hydrogen) atoms. The number of rotatable bonds is 11. The van der Waals surface area contributed by atoms with E-state index in [2.05, 4.69) is 9.93 Å². The van der Waals surface area contributed by atoms with Gasteiger partial charge in [-0.1, -0.05) is 29.8 Å². The number of nitrogens with zero attached hydrogens (tertiary/aromatic N) is 2. The Balaban J connectivity index is 1.79. The van der Waals surface area contributed by atoms with Crippen LogP contribution in [0.15, 0.2) is 87.2 Å². The molecule has 0 aliphatic carbocycles. The summed E-state index contributed by atoms with van der Waals surface area (Å²) in [5.41, 5.74) is 1.83. The first kappa shape index (κ1) is 27.4. The van der Waals surface area contributed by atoms with Gasteiger partial charge in [0.1, 0.15) is 22.8 Å². The van der Waals surface area contributed by atoms with Gasteiger partial charge in [0.05, 0.1) is 29.2 Å². The lowest BCUT2D eigenvalue weighted by Crippen LogP contribution is -2.18. The molecule has 1 aromatic heterocycles. The molecule has 0 aliphatic rings. The monoisotopic (exact) mass is 549 g/mol. The number of hydrogen-bond acceptors (Lipinski definition) is 8. The predicted molar refractivity (Wildman–Crippen MR) is 148 cm³/mol. The topological polar surface area (TPSA) is 133 Å². The summed E-state index contributed by atoms with van der Waals surface area (Å²) in [6, 6.07) is 19.9. The van der Waals surface area contributed by atoms with Crippen LogP contribution < -0.4 is 14.3 Å². The van der Waals surface area contributed by atoms with Crippen LogP contribution in [-0.4, -0.2) is 32.8 Å². The fourth-order valence-corrected chi connectivity index (χ4v) is 4.65. The lowest BCUT2D eigenvalue weighted by Gasteiger charge is -2.07. The van der Waals surface area contributed by atoms with Crippen LogP contribution >= 0.6 is 0 Å². The number of furan rings is 1. The Morgan fingerprint density at radius 2 is 1.44 bits per heavy atom. The van der Waals surface area contributed by atoms with Crippen molar-refractivity contribution in [2.75, 3.05) is 13.2 Å². The van der Waals surface area contributed by atoms with Gasteiger partial charge in [-0.25, -0.2) is 0 Å². The molecule has 0 amide bonds. The van der Waals surface area contributed by atoms with Gasteiger partial charge in [-0.15, -0.1) is 0 Å². The van der Waals surface area contributed by atoms with E-state index in [0.29, 0.717) is 35.8 Å². The van der Waals surface area contributed by atoms with Crippen molar-refractivity contribution in [1.82, 2.24) is 4.83 Å². The third kappa shape index (κ3) is 6.27. The molecule has 0 unspecified atom stereocenters. The number of hydrogen-bond donors (Lipinski definition) is 1. The summed E-state index contributed by atoms with van der Waals surface area (Å²) in [6.45, 7) is 6.52. The van der Waals surface area contributed by atoms with Gasteiger partial charge >= 0.3 is 5.69 Å². The second kappa shape index (κ2) is 11.8. The zero-order chi connectivity index (χ0) is 28.0. The van der Waals surface area contributed by atoms with E-state index in [-0.39, 0.29) is 27.7 Å². The molecule has 1 heterocycles. The number of hydrazone groups is 1. The first-order valence-electron chi connectivity index (χ1n) is 12.1. The maximum atomic E-state index is 12.6. The molecule has 3 aromatic carbocycles. The minimum absolute atomic E-state index is 0.00403. The highest BCUT2D eigenvalue weighted by atomic mass is 32.2. The molecule has 1 N–H and O–H groups in total. The summed E-state index contributed by atoms with van der Waals surface area (Å²) < 4.78 is 42.2. The van der Waals surface area contributed by atoms with Crippen molar-refractivity contribution in [2.45, 2.75) is 25.7 Å². The SMILES string of the molecule is CCOc1ccc(-c2oc(/C=N\NS(=O)(=O)c3ccc(C)cc3)c([N+](=O)[O-])c2-c2ccc(OCC)cc2)cc1. The van der Waals surface area contributed by atoms with Gasteiger partial charge in [0.15, 0.2) is 0 Å². The van der Waals surface area contributed by atoms with E-state index in [4.69, 9.17) is 13.9 Å². The Hall–Kier alpha value is -4.64. The predicted octanol–water partition coefficient (Wildman–Crippen LogP) is 5.94. The zero-order valence-corrected chi connectivity index (χ0v) is 22.4. The van der Waals surface area contributed by atoms with Crippen molar-refractivity contribution in [3.8, 4) is 33.9 Å². The summed E-state index contributed by atoms with van der Waals surface area (Å²) >= 11 is 0. The van der Waals surface area contributed by atoms with Gasteiger partial charge < -0.3 is 13.9 Å². The van der Waals surface area contributed by atoms with E-state index in [0.717, 1.165) is 11.8 Å². The van der Waals surface area contributed by atoms with Crippen molar-refractivity contribution in [3.05, 3.63) is 94.2 Å². The first-order valence-corrected chi connectivity index (χ1v) is 13.6. The number of sulfonamides is 1. The van der Waals surface area contributed by atoms with Gasteiger partial charge in [-0.3, -0.25) is 10.1 Å². The molecule has 10 nitrogen and oxygen atoms in total. The molecule has 4 aromatic rings. The second-order valence-electron chi connectivity index (χ2n) is 8.36. The maximum absolute atomic E-state index is 12.6. The Morgan fingerprint density at radius 1 is 0.897 bits per heavy atom. The van der Waals surface area contributed by atoms with Crippen molar-refractivity contribution in [3.63, 3.8) is 0 Å². The average Bonchev–Trinajstić information content (AvgIpc) is 3.30. The van der Waals surface area contributed by atoms with Gasteiger partial charge in [-0.2, -0.15) is 18.4 Å². The Bertz CT molecular complexity index is 1580. The highest BCUT2D eigenvalue weighted by Gasteiger charge is 2.31. The number of nitrogens with one attached hydrogen (secondary N) is 1. The highest BCUT2D eigenvalue weighted by molar-refractivity contribution is 7.89. The molecule has 11 heteroatoms. The first-order chi connectivity index (χ1) is 18.7. The van der Waals surface area contributed by atoms with Crippen molar-refractivity contribution < 1.29 is 27.2 Å². The summed E-state index contributed by atoms with van der Waals surface area (Å²) in [6.07, 6.45) is 0.986. The van der Waals surface area contributed by atoms with E-state index in [1.165, 1.54) is 12.1 Å². The number of aryl methyl sites for hydroxylation is 1. The zero-order valence-electron chi connectivity index (χ0n) is 21.6. The van der Waals surface area contributed by atoms with Crippen LogP contribution in [0.1, 0.15) is 25.2 Å². The minimum atomic E-state index is -4.00. The van der Waals surface area contributed by atoms with E-state index in [1.807, 2.05) is 20.8 Å². The minimum Gasteiger partial charge on any atom is -0.494 e. The fraction of sp³-hybridized carbons (Fsp3) is 0.179. The lowest BCUT2D eigenvalue weighted by molar-refractivity contribution is -0.384. The highest BCUT2D eigenvalue weighted by Crippen LogP contribution is 2.44. The molecule has 0 saturated heterocycles. The maximum Gasteiger partial charge on any atom is 0.324 e. The van der Waals surface area contributed by atoms with Crippen LogP contribution in [0.5, 0.6) is 11.5 Å². The number of benzene rings is 3. The van der Waals surface area contributed by atoms with Gasteiger partial charge in [-0.05, 0) is 74.9 Å². The van der Waals surface area contributed by atoms with Crippen molar-refractivity contribution >= 4 is 21.9 Å². The quantitative estimate of drug-likeness (QED) is 0.139. The summed E-state index contributed by atoms with van der Waals surface area (Å²) in [5.74, 6) is 1.25. The largest absolute Gasteiger partial charge is 0.494 e. The second-order valence-corrected chi connectivity index (χ2v) is 10.0. The van der Waals surface area contributed by atoms with E-state index in [1.54, 1.807) is 60.7 Å². The normalized spacial score (nSPS) is 11.5. The van der Waals surface area contributed by atoms with Gasteiger partial charge in [0, 0.05) is 5.56 Å². The Morgan fingerprint density at radius 3 is 1.95 bits per heavy atom. The molecule has 202 valence electrons. The van der Waals surface area contributed by atoms with E-state index < -0.39 is 14.9 Å². The summed E-state index contributed by atoms with van der Waals surface area (Å²) in [7, 11) is -4.00. The summed E-state index contributed by atoms with van der Waals surface area (Å²) in [5, 5.41) is 16.1. The molecular weight excluding hydrogens is 522 g/mol. The number of nitro groups is 1. The molecule has 0 radical (unpaired) electrons. The summed E-state index contributed by atoms with van der Waals surface area (Å²) in [4.78, 5) is 13.8. The van der Waals surface area contributed by atoms with Crippen LogP contribution in [0, 0.1) is 17.0 Å². The smallest absolute Gasteiger partial charge is 0.324 e. The Labute approximate surface area is 226 Å². The van der Waals surface area contributed by atoms with Crippen LogP contribution in [0.3, 0.4) is 0 Å². The molecule has 0 saturated carbocycles. The third-order valence-corrected chi connectivity index (χ3v) is 6.90. The van der Waals surface area contributed by atoms with Gasteiger partial charge in [0.2, 0.25) is 5.76 Å². The van der Waals surface area contributed by atoms with Gasteiger partial charge in [0.25, 0.3) is 10.0 Å². The average molecular weight is 550 g/mol. The molecule has 0 aliphatic heterocycles. The molecule has 0 atom stereocenters. The third-order valence-electron chi connectivity index (χ3n) is 5.66. The van der Waals surface area contributed by atoms with E-state index >= 15 is 0 Å². The molecule has 0 bridgehead atoms. The molecular formula is C28H27N3O7S. The fourth-order valence-electron chi connectivity index (χ4n) is 3.86. The number of ether oxygens (including phenoxy) is 2. The van der Waals surface area contributed by atoms with Crippen LogP contribution in [0.4, 0.5) is 5.69 Å². The molecule has 4 rings (SSSR count). The van der Waals surface area contributed by atoms with Crippen LogP contribution in [-0.2, 0) is 10.0 Å². The van der Waals surface area contributed by atoms with E-state index in [9.17, 15) is 18.5 Å². The van der Waals surface area contributed by atoms with Crippen molar-refractivity contribution in [1.29, 1.82) is 0 Å². The van der Waals surface area contributed by atoms with Crippen LogP contribution in [0.25, 0.3) is 22.5 Å². The standard InChI is InChI=1S/C28H27N3O7S/c1-4-36-22-12-8-20(9-13-22)26-27(31(32)33)25(38-28(26)21-10-14-23(15-11-21)37-5-2)18-29-30-39(34,35)24-16-6-19(3)7-17-24/h6-18,30H,4-5H2,1-3H3/b29-18-.